The molecule has 0 saturated heterocycles. The van der Waals surface area contributed by atoms with E-state index in [0.717, 1.165) is 5.56 Å². The van der Waals surface area contributed by atoms with Gasteiger partial charge in [0.05, 0.1) is 5.92 Å². The van der Waals surface area contributed by atoms with Gasteiger partial charge in [-0.1, -0.05) is 15.9 Å². The van der Waals surface area contributed by atoms with Crippen LogP contribution in [-0.2, 0) is 4.79 Å². The lowest BCUT2D eigenvalue weighted by molar-refractivity contribution is -0.138. The number of halogens is 1. The van der Waals surface area contributed by atoms with Crippen molar-refractivity contribution in [1.82, 2.24) is 0 Å². The number of hydrogen-bond acceptors (Lipinski definition) is 4. The molecule has 2 rings (SSSR count). The number of fused-ring (bicyclic) bond motifs is 1. The number of aliphatic carboxylic acids is 1. The van der Waals surface area contributed by atoms with Crippen LogP contribution in [0.25, 0.3) is 0 Å². The Morgan fingerprint density at radius 3 is 2.83 bits per heavy atom. The van der Waals surface area contributed by atoms with Crippen molar-refractivity contribution in [2.24, 2.45) is 5.73 Å². The van der Waals surface area contributed by atoms with Gasteiger partial charge in [-0.05, 0) is 18.6 Å². The molecule has 98 valence electrons. The normalized spacial score (nSPS) is 15.3. The minimum absolute atomic E-state index is 0.0361. The van der Waals surface area contributed by atoms with Gasteiger partial charge in [0, 0.05) is 16.6 Å². The Kier molecular flexibility index (Phi) is 3.77. The molecule has 0 bridgehead atoms. The van der Waals surface area contributed by atoms with E-state index in [1.54, 1.807) is 6.07 Å². The van der Waals surface area contributed by atoms with Crippen molar-refractivity contribution in [3.8, 4) is 11.5 Å². The highest BCUT2D eigenvalue weighted by Crippen LogP contribution is 2.42. The van der Waals surface area contributed by atoms with Crippen LogP contribution in [0.5, 0.6) is 11.5 Å². The molecule has 0 aromatic heterocycles. The zero-order chi connectivity index (χ0) is 13.3. The number of carbonyl (C=O) groups is 1. The van der Waals surface area contributed by atoms with Crippen LogP contribution in [-0.4, -0.2) is 30.8 Å². The van der Waals surface area contributed by atoms with Crippen molar-refractivity contribution in [2.75, 3.05) is 19.8 Å². The van der Waals surface area contributed by atoms with Gasteiger partial charge in [0.15, 0.2) is 11.5 Å². The van der Waals surface area contributed by atoms with Crippen LogP contribution in [0, 0.1) is 6.92 Å². The third-order valence-corrected chi connectivity index (χ3v) is 3.61. The number of hydrogen-bond donors (Lipinski definition) is 2. The van der Waals surface area contributed by atoms with Crippen molar-refractivity contribution in [2.45, 2.75) is 12.8 Å². The number of carboxylic acid groups (broad SMARTS) is 1. The monoisotopic (exact) mass is 315 g/mol. The molecule has 0 aliphatic carbocycles. The van der Waals surface area contributed by atoms with Crippen LogP contribution in [0.1, 0.15) is 17.0 Å². The van der Waals surface area contributed by atoms with E-state index in [-0.39, 0.29) is 6.54 Å². The van der Waals surface area contributed by atoms with Gasteiger partial charge in [-0.15, -0.1) is 0 Å². The molecule has 3 N–H and O–H groups in total. The molecule has 18 heavy (non-hydrogen) atoms. The maximum atomic E-state index is 11.2. The van der Waals surface area contributed by atoms with E-state index in [9.17, 15) is 9.90 Å². The first kappa shape index (κ1) is 13.2. The van der Waals surface area contributed by atoms with Crippen LogP contribution < -0.4 is 15.2 Å². The summed E-state index contributed by atoms with van der Waals surface area (Å²) in [6.45, 7) is 2.82. The van der Waals surface area contributed by atoms with E-state index < -0.39 is 11.9 Å². The third kappa shape index (κ3) is 2.18. The Morgan fingerprint density at radius 2 is 2.22 bits per heavy atom. The van der Waals surface area contributed by atoms with E-state index >= 15 is 0 Å². The summed E-state index contributed by atoms with van der Waals surface area (Å²) in [6, 6.07) is 1.74. The molecular weight excluding hydrogens is 302 g/mol. The fourth-order valence-corrected chi connectivity index (χ4v) is 2.88. The SMILES string of the molecule is Cc1c2c(cc(Br)c1C(CN)C(=O)O)OCCO2. The summed E-state index contributed by atoms with van der Waals surface area (Å²) in [4.78, 5) is 11.2. The minimum atomic E-state index is -0.946. The second-order valence-electron chi connectivity index (χ2n) is 4.05. The van der Waals surface area contributed by atoms with Crippen LogP contribution in [0.2, 0.25) is 0 Å². The Morgan fingerprint density at radius 1 is 1.56 bits per heavy atom. The molecule has 1 aliphatic rings. The van der Waals surface area contributed by atoms with E-state index in [2.05, 4.69) is 15.9 Å². The molecule has 1 heterocycles. The lowest BCUT2D eigenvalue weighted by Gasteiger charge is -2.24. The number of ether oxygens (including phenoxy) is 2. The maximum Gasteiger partial charge on any atom is 0.312 e. The minimum Gasteiger partial charge on any atom is -0.486 e. The summed E-state index contributed by atoms with van der Waals surface area (Å²) in [5, 5.41) is 9.21. The average Bonchev–Trinajstić information content (AvgIpc) is 2.34. The highest BCUT2D eigenvalue weighted by molar-refractivity contribution is 9.10. The zero-order valence-electron chi connectivity index (χ0n) is 9.90. The fraction of sp³-hybridized carbons (Fsp3) is 0.417. The molecule has 1 unspecified atom stereocenters. The zero-order valence-corrected chi connectivity index (χ0v) is 11.5. The largest absolute Gasteiger partial charge is 0.486 e. The standard InChI is InChI=1S/C12H14BrNO4/c1-6-10(7(5-14)12(15)16)8(13)4-9-11(6)18-3-2-17-9/h4,7H,2-3,5,14H2,1H3,(H,15,16). The Bertz CT molecular complexity index is 489. The predicted octanol–water partition coefficient (Wildman–Crippen LogP) is 1.66. The smallest absolute Gasteiger partial charge is 0.312 e. The first-order valence-corrected chi connectivity index (χ1v) is 6.37. The maximum absolute atomic E-state index is 11.2. The summed E-state index contributed by atoms with van der Waals surface area (Å²) >= 11 is 3.38. The van der Waals surface area contributed by atoms with Crippen LogP contribution in [0.4, 0.5) is 0 Å². The van der Waals surface area contributed by atoms with Crippen molar-refractivity contribution in [1.29, 1.82) is 0 Å². The van der Waals surface area contributed by atoms with E-state index in [1.165, 1.54) is 0 Å². The summed E-state index contributed by atoms with van der Waals surface area (Å²) in [5.74, 6) is -0.456. The van der Waals surface area contributed by atoms with E-state index in [1.807, 2.05) is 6.92 Å². The second kappa shape index (κ2) is 5.16. The van der Waals surface area contributed by atoms with Gasteiger partial charge in [-0.3, -0.25) is 4.79 Å². The van der Waals surface area contributed by atoms with Crippen molar-refractivity contribution in [3.63, 3.8) is 0 Å². The molecule has 1 aliphatic heterocycles. The highest BCUT2D eigenvalue weighted by atomic mass is 79.9. The molecule has 1 atom stereocenters. The first-order chi connectivity index (χ1) is 8.56. The van der Waals surface area contributed by atoms with E-state index in [0.29, 0.717) is 34.7 Å². The fourth-order valence-electron chi connectivity index (χ4n) is 2.10. The quantitative estimate of drug-likeness (QED) is 0.886. The number of nitrogens with two attached hydrogens (primary N) is 1. The van der Waals surface area contributed by atoms with Crippen molar-refractivity contribution < 1.29 is 19.4 Å². The van der Waals surface area contributed by atoms with Crippen molar-refractivity contribution >= 4 is 21.9 Å². The molecule has 6 heteroatoms. The van der Waals surface area contributed by atoms with Gasteiger partial charge in [0.25, 0.3) is 0 Å². The number of benzene rings is 1. The Balaban J connectivity index is 2.57. The molecule has 1 aromatic carbocycles. The highest BCUT2D eigenvalue weighted by Gasteiger charge is 2.27. The molecule has 0 spiro atoms. The molecule has 0 fully saturated rings. The summed E-state index contributed by atoms with van der Waals surface area (Å²) in [5.41, 5.74) is 6.95. The molecular formula is C12H14BrNO4. The Hall–Kier alpha value is -1.27. The lowest BCUT2D eigenvalue weighted by Crippen LogP contribution is -2.24. The topological polar surface area (TPSA) is 81.8 Å². The van der Waals surface area contributed by atoms with Crippen LogP contribution >= 0.6 is 15.9 Å². The summed E-state index contributed by atoms with van der Waals surface area (Å²) in [7, 11) is 0. The second-order valence-corrected chi connectivity index (χ2v) is 4.90. The average molecular weight is 316 g/mol. The van der Waals surface area contributed by atoms with Gasteiger partial charge in [-0.2, -0.15) is 0 Å². The number of carboxylic acids is 1. The van der Waals surface area contributed by atoms with Gasteiger partial charge in [0.1, 0.15) is 13.2 Å². The van der Waals surface area contributed by atoms with E-state index in [4.69, 9.17) is 15.2 Å². The van der Waals surface area contributed by atoms with Crippen LogP contribution in [0.15, 0.2) is 10.5 Å². The summed E-state index contributed by atoms with van der Waals surface area (Å²) < 4.78 is 11.7. The molecule has 5 nitrogen and oxygen atoms in total. The number of rotatable bonds is 3. The molecule has 0 saturated carbocycles. The Labute approximate surface area is 113 Å². The molecule has 1 aromatic rings. The predicted molar refractivity (Wildman–Crippen MR) is 69.3 cm³/mol. The van der Waals surface area contributed by atoms with Gasteiger partial charge in [0.2, 0.25) is 0 Å². The van der Waals surface area contributed by atoms with Gasteiger partial charge >= 0.3 is 5.97 Å². The molecule has 0 amide bonds. The molecule has 0 radical (unpaired) electrons. The summed E-state index contributed by atoms with van der Waals surface area (Å²) in [6.07, 6.45) is 0. The van der Waals surface area contributed by atoms with Crippen LogP contribution in [0.3, 0.4) is 0 Å². The first-order valence-electron chi connectivity index (χ1n) is 5.57. The third-order valence-electron chi connectivity index (χ3n) is 2.95. The lowest BCUT2D eigenvalue weighted by atomic mass is 9.94. The van der Waals surface area contributed by atoms with Gasteiger partial charge < -0.3 is 20.3 Å². The van der Waals surface area contributed by atoms with Crippen molar-refractivity contribution in [3.05, 3.63) is 21.7 Å². The van der Waals surface area contributed by atoms with Gasteiger partial charge in [-0.25, -0.2) is 0 Å².